The van der Waals surface area contributed by atoms with Crippen molar-refractivity contribution < 1.29 is 13.2 Å². The van der Waals surface area contributed by atoms with Crippen LogP contribution >= 0.6 is 15.9 Å². The summed E-state index contributed by atoms with van der Waals surface area (Å²) in [5, 5.41) is 0. The zero-order chi connectivity index (χ0) is 13.6. The molecule has 0 aromatic heterocycles. The lowest BCUT2D eigenvalue weighted by Gasteiger charge is -2.09. The number of hydrogen-bond acceptors (Lipinski definition) is 4. The molecule has 1 aromatic rings. The lowest BCUT2D eigenvalue weighted by Crippen LogP contribution is -2.08. The molecule has 0 bridgehead atoms. The molecule has 1 rings (SSSR count). The third-order valence-electron chi connectivity index (χ3n) is 2.35. The van der Waals surface area contributed by atoms with E-state index in [1.54, 1.807) is 0 Å². The van der Waals surface area contributed by atoms with Crippen molar-refractivity contribution in [3.05, 3.63) is 28.2 Å². The molecule has 0 aliphatic rings. The van der Waals surface area contributed by atoms with Crippen molar-refractivity contribution in [3.8, 4) is 5.75 Å². The Labute approximate surface area is 117 Å². The summed E-state index contributed by atoms with van der Waals surface area (Å²) in [6.45, 7) is 1.00. The van der Waals surface area contributed by atoms with E-state index in [0.29, 0.717) is 19.6 Å². The Morgan fingerprint density at radius 2 is 2.11 bits per heavy atom. The molecule has 102 valence electrons. The van der Waals surface area contributed by atoms with E-state index in [1.165, 1.54) is 6.26 Å². The van der Waals surface area contributed by atoms with Gasteiger partial charge in [-0.2, -0.15) is 0 Å². The van der Waals surface area contributed by atoms with Crippen LogP contribution in [0.3, 0.4) is 0 Å². The number of benzene rings is 1. The quantitative estimate of drug-likeness (QED) is 0.771. The Bertz CT molecular complexity index is 488. The molecule has 4 nitrogen and oxygen atoms in total. The van der Waals surface area contributed by atoms with Crippen molar-refractivity contribution in [2.45, 2.75) is 12.8 Å². The fourth-order valence-electron chi connectivity index (χ4n) is 1.49. The summed E-state index contributed by atoms with van der Waals surface area (Å²) in [5.74, 6) is 0.875. The second-order valence-corrected chi connectivity index (χ2v) is 7.25. The first kappa shape index (κ1) is 15.5. The molecule has 0 radical (unpaired) electrons. The SMILES string of the molecule is CS(=O)(=O)CCCOc1ccc(CCN)cc1Br. The summed E-state index contributed by atoms with van der Waals surface area (Å²) < 4.78 is 28.3. The van der Waals surface area contributed by atoms with Crippen molar-refractivity contribution >= 4 is 25.8 Å². The number of nitrogens with two attached hydrogens (primary N) is 1. The normalized spacial score (nSPS) is 11.5. The highest BCUT2D eigenvalue weighted by molar-refractivity contribution is 9.10. The van der Waals surface area contributed by atoms with Crippen LogP contribution in [0.2, 0.25) is 0 Å². The lowest BCUT2D eigenvalue weighted by molar-refractivity contribution is 0.315. The number of sulfone groups is 1. The Morgan fingerprint density at radius 3 is 2.67 bits per heavy atom. The molecule has 0 unspecified atom stereocenters. The van der Waals surface area contributed by atoms with Gasteiger partial charge in [0.15, 0.2) is 0 Å². The third kappa shape index (κ3) is 5.84. The van der Waals surface area contributed by atoms with Gasteiger partial charge in [-0.15, -0.1) is 0 Å². The van der Waals surface area contributed by atoms with E-state index in [9.17, 15) is 8.42 Å². The topological polar surface area (TPSA) is 69.4 Å². The van der Waals surface area contributed by atoms with Gasteiger partial charge in [0.05, 0.1) is 16.8 Å². The molecule has 0 saturated heterocycles. The van der Waals surface area contributed by atoms with Gasteiger partial charge in [0, 0.05) is 6.26 Å². The van der Waals surface area contributed by atoms with Gasteiger partial charge in [-0.1, -0.05) is 6.07 Å². The lowest BCUT2D eigenvalue weighted by atomic mass is 10.1. The van der Waals surface area contributed by atoms with E-state index in [0.717, 1.165) is 22.2 Å². The van der Waals surface area contributed by atoms with Gasteiger partial charge >= 0.3 is 0 Å². The molecule has 6 heteroatoms. The van der Waals surface area contributed by atoms with Crippen LogP contribution in [-0.2, 0) is 16.3 Å². The number of rotatable bonds is 7. The van der Waals surface area contributed by atoms with Crippen LogP contribution in [0.1, 0.15) is 12.0 Å². The van der Waals surface area contributed by atoms with E-state index < -0.39 is 9.84 Å². The summed E-state index contributed by atoms with van der Waals surface area (Å²) in [4.78, 5) is 0. The standard InChI is InChI=1S/C12H18BrNO3S/c1-18(15,16)8-2-7-17-12-4-3-10(5-6-14)9-11(12)13/h3-4,9H,2,5-8,14H2,1H3. The molecule has 0 atom stereocenters. The molecule has 0 aliphatic carbocycles. The van der Waals surface area contributed by atoms with Gasteiger partial charge in [-0.3, -0.25) is 0 Å². The molecule has 0 spiro atoms. The maximum absolute atomic E-state index is 10.9. The van der Waals surface area contributed by atoms with Crippen LogP contribution < -0.4 is 10.5 Å². The molecular formula is C12H18BrNO3S. The Hall–Kier alpha value is -0.590. The predicted molar refractivity (Wildman–Crippen MR) is 76.7 cm³/mol. The van der Waals surface area contributed by atoms with Gasteiger partial charge in [-0.25, -0.2) is 8.42 Å². The van der Waals surface area contributed by atoms with Crippen molar-refractivity contribution in [2.75, 3.05) is 25.2 Å². The van der Waals surface area contributed by atoms with Gasteiger partial charge in [-0.05, 0) is 53.0 Å². The molecular weight excluding hydrogens is 318 g/mol. The zero-order valence-electron chi connectivity index (χ0n) is 10.4. The van der Waals surface area contributed by atoms with E-state index in [-0.39, 0.29) is 5.75 Å². The Balaban J connectivity index is 2.48. The van der Waals surface area contributed by atoms with Crippen molar-refractivity contribution in [2.24, 2.45) is 5.73 Å². The number of ether oxygens (including phenoxy) is 1. The Morgan fingerprint density at radius 1 is 1.39 bits per heavy atom. The fourth-order valence-corrected chi connectivity index (χ4v) is 2.67. The van der Waals surface area contributed by atoms with Crippen molar-refractivity contribution in [1.82, 2.24) is 0 Å². The van der Waals surface area contributed by atoms with Crippen molar-refractivity contribution in [3.63, 3.8) is 0 Å². The summed E-state index contributed by atoms with van der Waals surface area (Å²) in [7, 11) is -2.91. The average Bonchev–Trinajstić information content (AvgIpc) is 2.26. The molecule has 18 heavy (non-hydrogen) atoms. The van der Waals surface area contributed by atoms with Gasteiger partial charge < -0.3 is 10.5 Å². The van der Waals surface area contributed by atoms with E-state index >= 15 is 0 Å². The monoisotopic (exact) mass is 335 g/mol. The molecule has 1 aromatic carbocycles. The van der Waals surface area contributed by atoms with E-state index in [4.69, 9.17) is 10.5 Å². The average molecular weight is 336 g/mol. The summed E-state index contributed by atoms with van der Waals surface area (Å²) in [6.07, 6.45) is 2.55. The maximum Gasteiger partial charge on any atom is 0.147 e. The summed E-state index contributed by atoms with van der Waals surface area (Å²) >= 11 is 3.42. The highest BCUT2D eigenvalue weighted by Crippen LogP contribution is 2.26. The fraction of sp³-hybridized carbons (Fsp3) is 0.500. The van der Waals surface area contributed by atoms with Gasteiger partial charge in [0.25, 0.3) is 0 Å². The highest BCUT2D eigenvalue weighted by Gasteiger charge is 2.05. The maximum atomic E-state index is 10.9. The Kier molecular flexibility index (Phi) is 6.11. The first-order valence-electron chi connectivity index (χ1n) is 5.71. The van der Waals surface area contributed by atoms with E-state index in [2.05, 4.69) is 15.9 Å². The molecule has 0 saturated carbocycles. The molecule has 0 aliphatic heterocycles. The van der Waals surface area contributed by atoms with Crippen LogP contribution in [0.15, 0.2) is 22.7 Å². The zero-order valence-corrected chi connectivity index (χ0v) is 12.8. The molecule has 2 N–H and O–H groups in total. The minimum absolute atomic E-state index is 0.149. The highest BCUT2D eigenvalue weighted by atomic mass is 79.9. The van der Waals surface area contributed by atoms with Crippen LogP contribution in [0.5, 0.6) is 5.75 Å². The summed E-state index contributed by atoms with van der Waals surface area (Å²) in [6, 6.07) is 5.80. The second-order valence-electron chi connectivity index (χ2n) is 4.14. The van der Waals surface area contributed by atoms with Crippen LogP contribution in [0, 0.1) is 0 Å². The molecule has 0 heterocycles. The van der Waals surface area contributed by atoms with Crippen molar-refractivity contribution in [1.29, 1.82) is 0 Å². The van der Waals surface area contributed by atoms with Gasteiger partial charge in [0.2, 0.25) is 0 Å². The molecule has 0 fully saturated rings. The smallest absolute Gasteiger partial charge is 0.147 e. The van der Waals surface area contributed by atoms with E-state index in [1.807, 2.05) is 18.2 Å². The third-order valence-corrected chi connectivity index (χ3v) is 4.00. The van der Waals surface area contributed by atoms with Crippen LogP contribution in [0.4, 0.5) is 0 Å². The predicted octanol–water partition coefficient (Wildman–Crippen LogP) is 1.76. The first-order valence-corrected chi connectivity index (χ1v) is 8.57. The second kappa shape index (κ2) is 7.11. The van der Waals surface area contributed by atoms with Gasteiger partial charge in [0.1, 0.15) is 15.6 Å². The molecule has 0 amide bonds. The van der Waals surface area contributed by atoms with Crippen LogP contribution in [0.25, 0.3) is 0 Å². The number of hydrogen-bond donors (Lipinski definition) is 1. The number of halogens is 1. The largest absolute Gasteiger partial charge is 0.492 e. The first-order chi connectivity index (χ1) is 8.42. The minimum Gasteiger partial charge on any atom is -0.492 e. The minimum atomic E-state index is -2.91. The van der Waals surface area contributed by atoms with Crippen LogP contribution in [-0.4, -0.2) is 33.6 Å². The summed E-state index contributed by atoms with van der Waals surface area (Å²) in [5.41, 5.74) is 6.63.